The van der Waals surface area contributed by atoms with E-state index in [1.807, 2.05) is 12.1 Å². The van der Waals surface area contributed by atoms with Crippen molar-refractivity contribution in [2.75, 3.05) is 43.5 Å². The van der Waals surface area contributed by atoms with Gasteiger partial charge in [-0.25, -0.2) is 0 Å². The molecule has 0 bridgehead atoms. The molecule has 0 unspecified atom stereocenters. The molecule has 0 spiro atoms. The van der Waals surface area contributed by atoms with Gasteiger partial charge in [-0.15, -0.1) is 0 Å². The molecule has 0 saturated carbocycles. The van der Waals surface area contributed by atoms with Crippen LogP contribution in [0.1, 0.15) is 49.4 Å². The molecule has 1 fully saturated rings. The number of unbranched alkanes of at least 4 members (excludes halogenated alkanes) is 1. The minimum atomic E-state index is -0.222. The molecule has 2 aliphatic rings. The van der Waals surface area contributed by atoms with Crippen LogP contribution >= 0.6 is 0 Å². The van der Waals surface area contributed by atoms with Crippen LogP contribution in [0.2, 0.25) is 0 Å². The zero-order valence-corrected chi connectivity index (χ0v) is 17.0. The quantitative estimate of drug-likeness (QED) is 0.759. The van der Waals surface area contributed by atoms with Gasteiger partial charge in [-0.05, 0) is 43.9 Å². The molecule has 7 heteroatoms. The van der Waals surface area contributed by atoms with Gasteiger partial charge in [0.1, 0.15) is 12.6 Å². The van der Waals surface area contributed by atoms with E-state index in [4.69, 9.17) is 0 Å². The van der Waals surface area contributed by atoms with E-state index in [2.05, 4.69) is 17.1 Å². The maximum atomic E-state index is 13.2. The highest BCUT2D eigenvalue weighted by Crippen LogP contribution is 2.40. The average molecular weight is 386 g/mol. The van der Waals surface area contributed by atoms with Crippen LogP contribution < -0.4 is 15.1 Å². The average Bonchev–Trinajstić information content (AvgIpc) is 2.70. The van der Waals surface area contributed by atoms with Crippen LogP contribution in [-0.4, -0.2) is 62.4 Å². The summed E-state index contributed by atoms with van der Waals surface area (Å²) in [6.45, 7) is 3.48. The molecule has 0 radical (unpaired) electrons. The molecule has 0 aromatic heterocycles. The largest absolute Gasteiger partial charge is 0.358 e. The molecular weight excluding hydrogens is 356 g/mol. The van der Waals surface area contributed by atoms with Gasteiger partial charge in [-0.3, -0.25) is 19.3 Å². The van der Waals surface area contributed by atoms with E-state index in [9.17, 15) is 14.4 Å². The van der Waals surface area contributed by atoms with Crippen molar-refractivity contribution >= 4 is 29.1 Å². The van der Waals surface area contributed by atoms with E-state index in [0.29, 0.717) is 17.8 Å². The normalized spacial score (nSPS) is 18.4. The lowest BCUT2D eigenvalue weighted by Crippen LogP contribution is -2.57. The fraction of sp³-hybridized carbons (Fsp3) is 0.571. The molecule has 1 aromatic rings. The standard InChI is InChI=1S/C21H30N4O3/c1-4-5-11-22-19(26)14-25-18-13-15(20(27)23(2)3)9-10-16(18)24-12-7-6-8-17(24)21(25)28/h9-10,13,17H,4-8,11-12,14H2,1-3H3,(H,22,26)/t17-/m1/s1. The van der Waals surface area contributed by atoms with Gasteiger partial charge in [0.2, 0.25) is 11.8 Å². The zero-order chi connectivity index (χ0) is 20.3. The Balaban J connectivity index is 1.94. The third kappa shape index (κ3) is 3.98. The zero-order valence-electron chi connectivity index (χ0n) is 17.0. The van der Waals surface area contributed by atoms with Crippen LogP contribution in [-0.2, 0) is 9.59 Å². The van der Waals surface area contributed by atoms with Crippen LogP contribution in [0.4, 0.5) is 11.4 Å². The van der Waals surface area contributed by atoms with Crippen molar-refractivity contribution in [1.82, 2.24) is 10.2 Å². The van der Waals surface area contributed by atoms with E-state index < -0.39 is 0 Å². The number of hydrogen-bond acceptors (Lipinski definition) is 4. The Morgan fingerprint density at radius 2 is 2.00 bits per heavy atom. The van der Waals surface area contributed by atoms with Crippen LogP contribution in [0.3, 0.4) is 0 Å². The minimum absolute atomic E-state index is 0.0144. The van der Waals surface area contributed by atoms with Crippen LogP contribution in [0.15, 0.2) is 18.2 Å². The second kappa shape index (κ2) is 8.63. The Kier molecular flexibility index (Phi) is 6.21. The summed E-state index contributed by atoms with van der Waals surface area (Å²) < 4.78 is 0. The summed E-state index contributed by atoms with van der Waals surface area (Å²) in [5.74, 6) is -0.336. The van der Waals surface area contributed by atoms with E-state index in [1.54, 1.807) is 25.1 Å². The number of amides is 3. The van der Waals surface area contributed by atoms with Crippen LogP contribution in [0.5, 0.6) is 0 Å². The predicted octanol–water partition coefficient (Wildman–Crippen LogP) is 2.01. The molecule has 2 heterocycles. The topological polar surface area (TPSA) is 73.0 Å². The first-order valence-corrected chi connectivity index (χ1v) is 10.1. The molecule has 1 saturated heterocycles. The van der Waals surface area contributed by atoms with Crippen molar-refractivity contribution < 1.29 is 14.4 Å². The van der Waals surface area contributed by atoms with Crippen molar-refractivity contribution in [3.05, 3.63) is 23.8 Å². The molecule has 0 aliphatic carbocycles. The Labute approximate surface area is 166 Å². The summed E-state index contributed by atoms with van der Waals surface area (Å²) >= 11 is 0. The number of carbonyl (C=O) groups excluding carboxylic acids is 3. The molecule has 1 aromatic carbocycles. The fourth-order valence-corrected chi connectivity index (χ4v) is 3.92. The number of nitrogens with one attached hydrogen (secondary N) is 1. The first kappa shape index (κ1) is 20.2. The van der Waals surface area contributed by atoms with Crippen LogP contribution in [0.25, 0.3) is 0 Å². The second-order valence-corrected chi connectivity index (χ2v) is 7.74. The number of anilines is 2. The lowest BCUT2D eigenvalue weighted by atomic mass is 9.95. The summed E-state index contributed by atoms with van der Waals surface area (Å²) in [5, 5.41) is 2.89. The molecule has 1 atom stereocenters. The monoisotopic (exact) mass is 386 g/mol. The van der Waals surface area contributed by atoms with Gasteiger partial charge < -0.3 is 15.1 Å². The highest BCUT2D eigenvalue weighted by Gasteiger charge is 2.40. The third-order valence-electron chi connectivity index (χ3n) is 5.44. The molecule has 3 amide bonds. The van der Waals surface area contributed by atoms with E-state index in [1.165, 1.54) is 4.90 Å². The number of carbonyl (C=O) groups is 3. The lowest BCUT2D eigenvalue weighted by molar-refractivity contribution is -0.125. The number of hydrogen-bond donors (Lipinski definition) is 1. The summed E-state index contributed by atoms with van der Waals surface area (Å²) in [6, 6.07) is 5.25. The Bertz CT molecular complexity index is 762. The Hall–Kier alpha value is -2.57. The van der Waals surface area contributed by atoms with E-state index >= 15 is 0 Å². The summed E-state index contributed by atoms with van der Waals surface area (Å²) in [6.07, 6.45) is 4.76. The summed E-state index contributed by atoms with van der Waals surface area (Å²) in [4.78, 5) is 43.3. The van der Waals surface area contributed by atoms with Gasteiger partial charge in [0.05, 0.1) is 11.4 Å². The maximum absolute atomic E-state index is 13.2. The third-order valence-corrected chi connectivity index (χ3v) is 5.44. The number of benzene rings is 1. The lowest BCUT2D eigenvalue weighted by Gasteiger charge is -2.45. The number of piperidine rings is 1. The molecule has 3 rings (SSSR count). The van der Waals surface area contributed by atoms with Gasteiger partial charge in [-0.1, -0.05) is 13.3 Å². The van der Waals surface area contributed by atoms with Crippen LogP contribution in [0, 0.1) is 0 Å². The highest BCUT2D eigenvalue weighted by molar-refractivity contribution is 6.09. The first-order valence-electron chi connectivity index (χ1n) is 10.1. The smallest absolute Gasteiger partial charge is 0.253 e. The Morgan fingerprint density at radius 3 is 2.71 bits per heavy atom. The number of rotatable bonds is 6. The molecule has 7 nitrogen and oxygen atoms in total. The molecule has 152 valence electrons. The molecular formula is C21H30N4O3. The van der Waals surface area contributed by atoms with Gasteiger partial charge >= 0.3 is 0 Å². The van der Waals surface area contributed by atoms with Crippen molar-refractivity contribution in [3.8, 4) is 0 Å². The fourth-order valence-electron chi connectivity index (χ4n) is 3.92. The predicted molar refractivity (Wildman–Crippen MR) is 110 cm³/mol. The molecule has 1 N–H and O–H groups in total. The van der Waals surface area contributed by atoms with Crippen molar-refractivity contribution in [3.63, 3.8) is 0 Å². The second-order valence-electron chi connectivity index (χ2n) is 7.74. The summed E-state index contributed by atoms with van der Waals surface area (Å²) in [5.41, 5.74) is 2.10. The van der Waals surface area contributed by atoms with E-state index in [0.717, 1.165) is 44.3 Å². The van der Waals surface area contributed by atoms with Crippen molar-refractivity contribution in [2.24, 2.45) is 0 Å². The SMILES string of the molecule is CCCCNC(=O)CN1C(=O)[C@H]2CCCCN2c2ccc(C(=O)N(C)C)cc21. The van der Waals surface area contributed by atoms with Gasteiger partial charge in [-0.2, -0.15) is 0 Å². The maximum Gasteiger partial charge on any atom is 0.253 e. The number of nitrogens with zero attached hydrogens (tertiary/aromatic N) is 3. The van der Waals surface area contributed by atoms with Crippen molar-refractivity contribution in [1.29, 1.82) is 0 Å². The first-order chi connectivity index (χ1) is 13.4. The highest BCUT2D eigenvalue weighted by atomic mass is 16.2. The van der Waals surface area contributed by atoms with Gasteiger partial charge in [0.25, 0.3) is 5.91 Å². The summed E-state index contributed by atoms with van der Waals surface area (Å²) in [7, 11) is 3.40. The van der Waals surface area contributed by atoms with Gasteiger partial charge in [0, 0.05) is 32.7 Å². The minimum Gasteiger partial charge on any atom is -0.358 e. The van der Waals surface area contributed by atoms with Gasteiger partial charge in [0.15, 0.2) is 0 Å². The number of fused-ring (bicyclic) bond motifs is 3. The molecule has 28 heavy (non-hydrogen) atoms. The van der Waals surface area contributed by atoms with E-state index in [-0.39, 0.29) is 30.3 Å². The molecule has 2 aliphatic heterocycles. The Morgan fingerprint density at radius 1 is 1.21 bits per heavy atom. The van der Waals surface area contributed by atoms with Crippen molar-refractivity contribution in [2.45, 2.75) is 45.1 Å².